The molecule has 0 saturated carbocycles. The predicted octanol–water partition coefficient (Wildman–Crippen LogP) is 1.19. The van der Waals surface area contributed by atoms with Crippen molar-refractivity contribution in [2.45, 2.75) is 45.4 Å². The Labute approximate surface area is 120 Å². The van der Waals surface area contributed by atoms with Crippen molar-refractivity contribution in [2.75, 3.05) is 6.61 Å². The molecule has 0 saturated heterocycles. The van der Waals surface area contributed by atoms with Crippen LogP contribution in [-0.2, 0) is 11.4 Å². The standard InChI is InChI=1S/C15H24N2O3/c1-11(2)17-15(3,14(16)19)8-9-20-13-6-4-12(10-18)5-7-13/h4-7,11,17-18H,8-10H2,1-3H3,(H2,16,19). The first kappa shape index (κ1) is 16.5. The van der Waals surface area contributed by atoms with Crippen molar-refractivity contribution in [1.29, 1.82) is 0 Å². The van der Waals surface area contributed by atoms with Crippen molar-refractivity contribution in [3.63, 3.8) is 0 Å². The number of benzene rings is 1. The Morgan fingerprint density at radius 1 is 1.40 bits per heavy atom. The number of aliphatic hydroxyl groups excluding tert-OH is 1. The highest BCUT2D eigenvalue weighted by atomic mass is 16.5. The first-order valence-electron chi connectivity index (χ1n) is 6.77. The Morgan fingerprint density at radius 2 is 2.00 bits per heavy atom. The maximum Gasteiger partial charge on any atom is 0.237 e. The normalized spacial score (nSPS) is 14.1. The average molecular weight is 280 g/mol. The predicted molar refractivity (Wildman–Crippen MR) is 78.3 cm³/mol. The number of primary amides is 1. The van der Waals surface area contributed by atoms with Gasteiger partial charge in [0.05, 0.1) is 18.8 Å². The molecule has 4 N–H and O–H groups in total. The third-order valence-electron chi connectivity index (χ3n) is 3.13. The van der Waals surface area contributed by atoms with Crippen molar-refractivity contribution >= 4 is 5.91 Å². The summed E-state index contributed by atoms with van der Waals surface area (Å²) >= 11 is 0. The molecule has 0 heterocycles. The van der Waals surface area contributed by atoms with Crippen molar-refractivity contribution < 1.29 is 14.6 Å². The second-order valence-corrected chi connectivity index (χ2v) is 5.40. The molecule has 20 heavy (non-hydrogen) atoms. The molecule has 0 spiro atoms. The lowest BCUT2D eigenvalue weighted by Gasteiger charge is -2.29. The SMILES string of the molecule is CC(C)NC(C)(CCOc1ccc(CO)cc1)C(N)=O. The molecule has 0 aliphatic carbocycles. The van der Waals surface area contributed by atoms with Crippen LogP contribution in [0.25, 0.3) is 0 Å². The molecule has 1 unspecified atom stereocenters. The van der Waals surface area contributed by atoms with E-state index in [0.29, 0.717) is 18.8 Å². The molecule has 1 amide bonds. The summed E-state index contributed by atoms with van der Waals surface area (Å²) in [5.41, 5.74) is 5.51. The topological polar surface area (TPSA) is 84.6 Å². The number of aliphatic hydroxyl groups is 1. The zero-order valence-corrected chi connectivity index (χ0v) is 12.3. The second kappa shape index (κ2) is 7.26. The Hall–Kier alpha value is -1.59. The molecular weight excluding hydrogens is 256 g/mol. The summed E-state index contributed by atoms with van der Waals surface area (Å²) in [7, 11) is 0. The van der Waals surface area contributed by atoms with Gasteiger partial charge in [-0.1, -0.05) is 12.1 Å². The van der Waals surface area contributed by atoms with Crippen LogP contribution in [0.5, 0.6) is 5.75 Å². The van der Waals surface area contributed by atoms with Gasteiger partial charge >= 0.3 is 0 Å². The van der Waals surface area contributed by atoms with E-state index in [1.54, 1.807) is 31.2 Å². The van der Waals surface area contributed by atoms with Gasteiger partial charge in [-0.2, -0.15) is 0 Å². The molecule has 1 rings (SSSR count). The van der Waals surface area contributed by atoms with Gasteiger partial charge in [0.15, 0.2) is 0 Å². The third kappa shape index (κ3) is 4.83. The minimum Gasteiger partial charge on any atom is -0.494 e. The highest BCUT2D eigenvalue weighted by molar-refractivity contribution is 5.84. The first-order valence-corrected chi connectivity index (χ1v) is 6.77. The average Bonchev–Trinajstić information content (AvgIpc) is 2.38. The lowest BCUT2D eigenvalue weighted by atomic mass is 9.96. The molecule has 0 radical (unpaired) electrons. The van der Waals surface area contributed by atoms with Gasteiger partial charge in [0, 0.05) is 12.5 Å². The molecule has 0 aliphatic heterocycles. The van der Waals surface area contributed by atoms with Crippen LogP contribution in [0.4, 0.5) is 0 Å². The van der Waals surface area contributed by atoms with Gasteiger partial charge in [0.2, 0.25) is 5.91 Å². The lowest BCUT2D eigenvalue weighted by Crippen LogP contribution is -2.56. The fraction of sp³-hybridized carbons (Fsp3) is 0.533. The van der Waals surface area contributed by atoms with E-state index in [2.05, 4.69) is 5.32 Å². The Balaban J connectivity index is 2.53. The fourth-order valence-corrected chi connectivity index (χ4v) is 1.97. The number of rotatable bonds is 8. The highest BCUT2D eigenvalue weighted by Crippen LogP contribution is 2.15. The van der Waals surface area contributed by atoms with E-state index >= 15 is 0 Å². The molecule has 5 nitrogen and oxygen atoms in total. The minimum absolute atomic E-state index is 0.0122. The quantitative estimate of drug-likeness (QED) is 0.668. The van der Waals surface area contributed by atoms with Gasteiger partial charge in [0.1, 0.15) is 5.75 Å². The van der Waals surface area contributed by atoms with E-state index in [0.717, 1.165) is 5.56 Å². The van der Waals surface area contributed by atoms with Crippen molar-refractivity contribution in [3.05, 3.63) is 29.8 Å². The fourth-order valence-electron chi connectivity index (χ4n) is 1.97. The Kier molecular flexibility index (Phi) is 5.98. The van der Waals surface area contributed by atoms with Gasteiger partial charge < -0.3 is 20.9 Å². The summed E-state index contributed by atoms with van der Waals surface area (Å²) in [6.45, 7) is 6.12. The summed E-state index contributed by atoms with van der Waals surface area (Å²) in [4.78, 5) is 11.6. The van der Waals surface area contributed by atoms with Crippen LogP contribution in [0.1, 0.15) is 32.8 Å². The summed E-state index contributed by atoms with van der Waals surface area (Å²) in [6, 6.07) is 7.35. The zero-order valence-electron chi connectivity index (χ0n) is 12.3. The number of carbonyl (C=O) groups is 1. The maximum atomic E-state index is 11.6. The number of carbonyl (C=O) groups excluding carboxylic acids is 1. The van der Waals surface area contributed by atoms with Gasteiger partial charge in [-0.15, -0.1) is 0 Å². The van der Waals surface area contributed by atoms with E-state index in [1.165, 1.54) is 0 Å². The summed E-state index contributed by atoms with van der Waals surface area (Å²) < 4.78 is 5.60. The molecule has 0 fully saturated rings. The van der Waals surface area contributed by atoms with Gasteiger partial charge in [-0.05, 0) is 38.5 Å². The first-order chi connectivity index (χ1) is 9.37. The van der Waals surface area contributed by atoms with Gasteiger partial charge in [0.25, 0.3) is 0 Å². The van der Waals surface area contributed by atoms with Crippen molar-refractivity contribution in [3.8, 4) is 5.75 Å². The number of nitrogens with one attached hydrogen (secondary N) is 1. The van der Waals surface area contributed by atoms with E-state index in [-0.39, 0.29) is 18.6 Å². The second-order valence-electron chi connectivity index (χ2n) is 5.40. The molecule has 1 aromatic carbocycles. The number of hydrogen-bond donors (Lipinski definition) is 3. The number of hydrogen-bond acceptors (Lipinski definition) is 4. The smallest absolute Gasteiger partial charge is 0.237 e. The molecule has 112 valence electrons. The summed E-state index contributed by atoms with van der Waals surface area (Å²) in [6.07, 6.45) is 0.488. The molecule has 0 bridgehead atoms. The number of nitrogens with two attached hydrogens (primary N) is 1. The lowest BCUT2D eigenvalue weighted by molar-refractivity contribution is -0.124. The molecule has 0 aromatic heterocycles. The van der Waals surface area contributed by atoms with Crippen LogP contribution in [0.3, 0.4) is 0 Å². The third-order valence-corrected chi connectivity index (χ3v) is 3.13. The summed E-state index contributed by atoms with van der Waals surface area (Å²) in [5, 5.41) is 12.1. The molecule has 0 aliphatic rings. The number of amides is 1. The van der Waals surface area contributed by atoms with Crippen LogP contribution < -0.4 is 15.8 Å². The van der Waals surface area contributed by atoms with E-state index in [4.69, 9.17) is 15.6 Å². The molecule has 5 heteroatoms. The van der Waals surface area contributed by atoms with E-state index < -0.39 is 5.54 Å². The van der Waals surface area contributed by atoms with Crippen LogP contribution in [0, 0.1) is 0 Å². The van der Waals surface area contributed by atoms with Crippen LogP contribution in [0.15, 0.2) is 24.3 Å². The van der Waals surface area contributed by atoms with Gasteiger partial charge in [-0.3, -0.25) is 4.79 Å². The molecule has 1 atom stereocenters. The summed E-state index contributed by atoms with van der Waals surface area (Å²) in [5.74, 6) is 0.323. The molecular formula is C15H24N2O3. The van der Waals surface area contributed by atoms with Crippen LogP contribution in [0.2, 0.25) is 0 Å². The minimum atomic E-state index is -0.779. The van der Waals surface area contributed by atoms with Crippen LogP contribution >= 0.6 is 0 Å². The van der Waals surface area contributed by atoms with Crippen molar-refractivity contribution in [1.82, 2.24) is 5.32 Å². The highest BCUT2D eigenvalue weighted by Gasteiger charge is 2.31. The van der Waals surface area contributed by atoms with Crippen LogP contribution in [-0.4, -0.2) is 29.2 Å². The van der Waals surface area contributed by atoms with Crippen molar-refractivity contribution in [2.24, 2.45) is 5.73 Å². The van der Waals surface area contributed by atoms with Gasteiger partial charge in [-0.25, -0.2) is 0 Å². The maximum absolute atomic E-state index is 11.6. The van der Waals surface area contributed by atoms with E-state index in [9.17, 15) is 4.79 Å². The monoisotopic (exact) mass is 280 g/mol. The zero-order chi connectivity index (χ0) is 15.2. The molecule has 1 aromatic rings. The Bertz CT molecular complexity index is 431. The Morgan fingerprint density at radius 3 is 2.45 bits per heavy atom. The van der Waals surface area contributed by atoms with E-state index in [1.807, 2.05) is 13.8 Å². The largest absolute Gasteiger partial charge is 0.494 e. The number of ether oxygens (including phenoxy) is 1.